The molecule has 19 heavy (non-hydrogen) atoms. The van der Waals surface area contributed by atoms with Gasteiger partial charge in [-0.2, -0.15) is 0 Å². The predicted octanol–water partition coefficient (Wildman–Crippen LogP) is 4.05. The van der Waals surface area contributed by atoms with E-state index in [2.05, 4.69) is 13.8 Å². The minimum absolute atomic E-state index is 0.349. The summed E-state index contributed by atoms with van der Waals surface area (Å²) in [5.74, 6) is 0.449. The molecule has 1 nitrogen and oxygen atoms in total. The summed E-state index contributed by atoms with van der Waals surface area (Å²) in [6, 6.07) is 3.62. The Labute approximate surface area is 114 Å². The van der Waals surface area contributed by atoms with Gasteiger partial charge in [0.1, 0.15) is 11.6 Å². The van der Waals surface area contributed by atoms with E-state index in [1.807, 2.05) is 0 Å². The van der Waals surface area contributed by atoms with Crippen molar-refractivity contribution in [2.45, 2.75) is 51.5 Å². The Bertz CT molecular complexity index is 444. The molecule has 0 bridgehead atoms. The summed E-state index contributed by atoms with van der Waals surface area (Å²) in [5, 5.41) is 0. The fourth-order valence-electron chi connectivity index (χ4n) is 3.23. The van der Waals surface area contributed by atoms with Crippen molar-refractivity contribution in [3.63, 3.8) is 0 Å². The summed E-state index contributed by atoms with van der Waals surface area (Å²) in [6.45, 7) is 4.42. The van der Waals surface area contributed by atoms with Crippen molar-refractivity contribution in [1.29, 1.82) is 0 Å². The SMILES string of the molecule is CC(C)C1CCCC(N)(Cc2cc(F)ccc2F)C1. The van der Waals surface area contributed by atoms with Gasteiger partial charge in [0, 0.05) is 5.54 Å². The van der Waals surface area contributed by atoms with E-state index >= 15 is 0 Å². The van der Waals surface area contributed by atoms with Crippen LogP contribution in [0.2, 0.25) is 0 Å². The Balaban J connectivity index is 2.14. The van der Waals surface area contributed by atoms with Gasteiger partial charge in [-0.25, -0.2) is 8.78 Å². The zero-order chi connectivity index (χ0) is 14.0. The summed E-state index contributed by atoms with van der Waals surface area (Å²) in [6.07, 6.45) is 4.51. The highest BCUT2D eigenvalue weighted by Gasteiger charge is 2.34. The summed E-state index contributed by atoms with van der Waals surface area (Å²) in [7, 11) is 0. The van der Waals surface area contributed by atoms with E-state index in [-0.39, 0.29) is 11.4 Å². The molecule has 1 saturated carbocycles. The van der Waals surface area contributed by atoms with E-state index in [9.17, 15) is 8.78 Å². The molecule has 2 rings (SSSR count). The van der Waals surface area contributed by atoms with Gasteiger partial charge in [0.05, 0.1) is 0 Å². The van der Waals surface area contributed by atoms with E-state index in [0.717, 1.165) is 25.3 Å². The Hall–Kier alpha value is -0.960. The third-order valence-electron chi connectivity index (χ3n) is 4.41. The first kappa shape index (κ1) is 14.4. The van der Waals surface area contributed by atoms with Crippen LogP contribution in [0.4, 0.5) is 8.78 Å². The molecular formula is C16H23F2N. The van der Waals surface area contributed by atoms with Crippen LogP contribution < -0.4 is 5.73 Å². The topological polar surface area (TPSA) is 26.0 Å². The summed E-state index contributed by atoms with van der Waals surface area (Å²) in [5.41, 5.74) is 6.47. The Morgan fingerprint density at radius 1 is 1.37 bits per heavy atom. The number of benzene rings is 1. The van der Waals surface area contributed by atoms with Gasteiger partial charge in [-0.1, -0.05) is 26.7 Å². The van der Waals surface area contributed by atoms with Crippen LogP contribution in [0, 0.1) is 23.5 Å². The van der Waals surface area contributed by atoms with Crippen LogP contribution in [0.5, 0.6) is 0 Å². The van der Waals surface area contributed by atoms with Gasteiger partial charge in [-0.05, 0) is 54.9 Å². The maximum Gasteiger partial charge on any atom is 0.126 e. The van der Waals surface area contributed by atoms with E-state index in [1.54, 1.807) is 0 Å². The lowest BCUT2D eigenvalue weighted by molar-refractivity contribution is 0.181. The first-order valence-electron chi connectivity index (χ1n) is 7.12. The zero-order valence-electron chi connectivity index (χ0n) is 11.8. The van der Waals surface area contributed by atoms with E-state index in [0.29, 0.717) is 23.8 Å². The number of halogens is 2. The molecule has 1 fully saturated rings. The molecular weight excluding hydrogens is 244 g/mol. The number of hydrogen-bond acceptors (Lipinski definition) is 1. The van der Waals surface area contributed by atoms with Crippen molar-refractivity contribution in [2.24, 2.45) is 17.6 Å². The molecule has 1 aromatic rings. The maximum atomic E-state index is 13.7. The lowest BCUT2D eigenvalue weighted by Gasteiger charge is -2.40. The zero-order valence-corrected chi connectivity index (χ0v) is 11.8. The van der Waals surface area contributed by atoms with Crippen molar-refractivity contribution in [3.8, 4) is 0 Å². The summed E-state index contributed by atoms with van der Waals surface area (Å²) < 4.78 is 27.0. The van der Waals surface area contributed by atoms with Gasteiger partial charge in [0.2, 0.25) is 0 Å². The molecule has 1 aliphatic carbocycles. The molecule has 0 heterocycles. The van der Waals surface area contributed by atoms with E-state index < -0.39 is 5.82 Å². The molecule has 1 aliphatic rings. The lowest BCUT2D eigenvalue weighted by atomic mass is 9.70. The molecule has 0 radical (unpaired) electrons. The Kier molecular flexibility index (Phi) is 4.24. The number of hydrogen-bond donors (Lipinski definition) is 1. The second-order valence-electron chi connectivity index (χ2n) is 6.38. The van der Waals surface area contributed by atoms with Gasteiger partial charge < -0.3 is 5.73 Å². The summed E-state index contributed by atoms with van der Waals surface area (Å²) >= 11 is 0. The van der Waals surface area contributed by atoms with Gasteiger partial charge >= 0.3 is 0 Å². The monoisotopic (exact) mass is 267 g/mol. The summed E-state index contributed by atoms with van der Waals surface area (Å²) in [4.78, 5) is 0. The van der Waals surface area contributed by atoms with Crippen molar-refractivity contribution < 1.29 is 8.78 Å². The highest BCUT2D eigenvalue weighted by molar-refractivity contribution is 5.21. The minimum Gasteiger partial charge on any atom is -0.325 e. The molecule has 2 atom stereocenters. The number of rotatable bonds is 3. The van der Waals surface area contributed by atoms with Crippen LogP contribution >= 0.6 is 0 Å². The first-order valence-corrected chi connectivity index (χ1v) is 7.12. The molecule has 106 valence electrons. The fourth-order valence-corrected chi connectivity index (χ4v) is 3.23. The standard InChI is InChI=1S/C16H23F2N/c1-11(2)12-4-3-7-16(19,9-12)10-13-8-14(17)5-6-15(13)18/h5-6,8,11-12H,3-4,7,9-10,19H2,1-2H3. The third-order valence-corrected chi connectivity index (χ3v) is 4.41. The first-order chi connectivity index (χ1) is 8.89. The molecule has 2 N–H and O–H groups in total. The molecule has 1 aromatic carbocycles. The van der Waals surface area contributed by atoms with Crippen LogP contribution in [-0.4, -0.2) is 5.54 Å². The minimum atomic E-state index is -0.392. The molecule has 3 heteroatoms. The van der Waals surface area contributed by atoms with Crippen molar-refractivity contribution in [1.82, 2.24) is 0 Å². The third kappa shape index (κ3) is 3.53. The quantitative estimate of drug-likeness (QED) is 0.878. The van der Waals surface area contributed by atoms with Crippen LogP contribution in [0.3, 0.4) is 0 Å². The van der Waals surface area contributed by atoms with Crippen LogP contribution in [0.15, 0.2) is 18.2 Å². The molecule has 0 saturated heterocycles. The van der Waals surface area contributed by atoms with Crippen LogP contribution in [-0.2, 0) is 6.42 Å². The molecule has 0 aromatic heterocycles. The molecule has 2 unspecified atom stereocenters. The number of nitrogens with two attached hydrogens (primary N) is 1. The average Bonchev–Trinajstić information content (AvgIpc) is 2.33. The smallest absolute Gasteiger partial charge is 0.126 e. The van der Waals surface area contributed by atoms with E-state index in [1.165, 1.54) is 18.6 Å². The Morgan fingerprint density at radius 3 is 2.79 bits per heavy atom. The molecule has 0 aliphatic heterocycles. The second kappa shape index (κ2) is 5.58. The van der Waals surface area contributed by atoms with Crippen molar-refractivity contribution >= 4 is 0 Å². The highest BCUT2D eigenvalue weighted by atomic mass is 19.1. The molecule has 0 spiro atoms. The van der Waals surface area contributed by atoms with Gasteiger partial charge in [0.25, 0.3) is 0 Å². The largest absolute Gasteiger partial charge is 0.325 e. The normalized spacial score (nSPS) is 27.8. The van der Waals surface area contributed by atoms with Crippen molar-refractivity contribution in [2.75, 3.05) is 0 Å². The van der Waals surface area contributed by atoms with Crippen LogP contribution in [0.25, 0.3) is 0 Å². The predicted molar refractivity (Wildman–Crippen MR) is 73.8 cm³/mol. The van der Waals surface area contributed by atoms with Gasteiger partial charge in [-0.3, -0.25) is 0 Å². The molecule has 0 amide bonds. The lowest BCUT2D eigenvalue weighted by Crippen LogP contribution is -2.47. The van der Waals surface area contributed by atoms with E-state index in [4.69, 9.17) is 5.73 Å². The fraction of sp³-hybridized carbons (Fsp3) is 0.625. The van der Waals surface area contributed by atoms with Crippen LogP contribution in [0.1, 0.15) is 45.1 Å². The Morgan fingerprint density at radius 2 is 2.11 bits per heavy atom. The highest BCUT2D eigenvalue weighted by Crippen LogP contribution is 2.37. The van der Waals surface area contributed by atoms with Gasteiger partial charge in [-0.15, -0.1) is 0 Å². The average molecular weight is 267 g/mol. The maximum absolute atomic E-state index is 13.7. The van der Waals surface area contributed by atoms with Gasteiger partial charge in [0.15, 0.2) is 0 Å². The van der Waals surface area contributed by atoms with Crippen molar-refractivity contribution in [3.05, 3.63) is 35.4 Å². The second-order valence-corrected chi connectivity index (χ2v) is 6.38.